The summed E-state index contributed by atoms with van der Waals surface area (Å²) in [7, 11) is 0. The second kappa shape index (κ2) is 9.82. The molecular formula is C28H24FN5O2S. The first-order valence-electron chi connectivity index (χ1n) is 12.1. The summed E-state index contributed by atoms with van der Waals surface area (Å²) in [6, 6.07) is 23.1. The van der Waals surface area contributed by atoms with Crippen LogP contribution in [0.25, 0.3) is 0 Å². The van der Waals surface area contributed by atoms with E-state index in [0.717, 1.165) is 16.8 Å². The molecule has 37 heavy (non-hydrogen) atoms. The molecule has 186 valence electrons. The summed E-state index contributed by atoms with van der Waals surface area (Å²) in [5, 5.41) is 0.458. The van der Waals surface area contributed by atoms with Gasteiger partial charge in [0.05, 0.1) is 17.1 Å². The van der Waals surface area contributed by atoms with E-state index in [9.17, 15) is 14.0 Å². The number of anilines is 1. The van der Waals surface area contributed by atoms with Gasteiger partial charge in [-0.25, -0.2) is 19.3 Å². The van der Waals surface area contributed by atoms with Crippen LogP contribution in [0.5, 0.6) is 0 Å². The minimum Gasteiger partial charge on any atom is -0.366 e. The van der Waals surface area contributed by atoms with Crippen molar-refractivity contribution < 1.29 is 14.0 Å². The molecule has 3 aliphatic heterocycles. The third-order valence-electron chi connectivity index (χ3n) is 6.74. The number of rotatable bonds is 4. The largest absolute Gasteiger partial charge is 0.366 e. The Morgan fingerprint density at radius 3 is 2.41 bits per heavy atom. The first kappa shape index (κ1) is 23.4. The van der Waals surface area contributed by atoms with Gasteiger partial charge in [-0.1, -0.05) is 66.4 Å². The number of hydrogen-bond acceptors (Lipinski definition) is 6. The number of para-hydroxylation sites is 2. The van der Waals surface area contributed by atoms with E-state index in [-0.39, 0.29) is 23.4 Å². The van der Waals surface area contributed by atoms with Crippen molar-refractivity contribution in [3.63, 3.8) is 0 Å². The van der Waals surface area contributed by atoms with Crippen molar-refractivity contribution in [2.45, 2.75) is 6.04 Å². The van der Waals surface area contributed by atoms with Gasteiger partial charge in [-0.15, -0.1) is 0 Å². The fourth-order valence-electron chi connectivity index (χ4n) is 4.82. The highest BCUT2D eigenvalue weighted by Crippen LogP contribution is 2.37. The average molecular weight is 514 g/mol. The van der Waals surface area contributed by atoms with Crippen molar-refractivity contribution >= 4 is 46.0 Å². The van der Waals surface area contributed by atoms with E-state index >= 15 is 0 Å². The average Bonchev–Trinajstić information content (AvgIpc) is 3.30. The van der Waals surface area contributed by atoms with Crippen molar-refractivity contribution in [1.82, 2.24) is 9.80 Å². The molecule has 3 aromatic carbocycles. The van der Waals surface area contributed by atoms with Gasteiger partial charge in [-0.3, -0.25) is 9.59 Å². The number of piperazine rings is 1. The number of carbonyl (C=O) groups is 2. The summed E-state index contributed by atoms with van der Waals surface area (Å²) >= 11 is 1.25. The topological polar surface area (TPSA) is 68.6 Å². The van der Waals surface area contributed by atoms with Crippen molar-refractivity contribution in [1.29, 1.82) is 0 Å². The first-order valence-corrected chi connectivity index (χ1v) is 13.1. The molecule has 9 heteroatoms. The smallest absolute Gasteiger partial charge is 0.263 e. The predicted octanol–water partition coefficient (Wildman–Crippen LogP) is 4.24. The Kier molecular flexibility index (Phi) is 6.21. The number of amidine groups is 2. The van der Waals surface area contributed by atoms with E-state index in [1.165, 1.54) is 17.8 Å². The maximum atomic E-state index is 14.2. The van der Waals surface area contributed by atoms with Gasteiger partial charge >= 0.3 is 0 Å². The van der Waals surface area contributed by atoms with E-state index in [0.29, 0.717) is 42.9 Å². The van der Waals surface area contributed by atoms with Crippen LogP contribution in [0, 0.1) is 5.82 Å². The lowest BCUT2D eigenvalue weighted by atomic mass is 10.1. The zero-order chi connectivity index (χ0) is 25.4. The van der Waals surface area contributed by atoms with Crippen molar-refractivity contribution in [2.75, 3.05) is 36.8 Å². The second-order valence-electron chi connectivity index (χ2n) is 8.96. The van der Waals surface area contributed by atoms with Crippen LogP contribution >= 0.6 is 11.8 Å². The highest BCUT2D eigenvalue weighted by molar-refractivity contribution is 8.14. The molecule has 6 rings (SSSR count). The molecule has 0 radical (unpaired) electrons. The normalized spacial score (nSPS) is 18.8. The van der Waals surface area contributed by atoms with Crippen molar-refractivity contribution in [3.05, 3.63) is 95.8 Å². The van der Waals surface area contributed by atoms with Crippen LogP contribution in [0.4, 0.5) is 15.8 Å². The summed E-state index contributed by atoms with van der Waals surface area (Å²) in [4.78, 5) is 41.4. The third-order valence-corrected chi connectivity index (χ3v) is 7.66. The Morgan fingerprint density at radius 1 is 0.919 bits per heavy atom. The van der Waals surface area contributed by atoms with Gasteiger partial charge in [0.15, 0.2) is 11.2 Å². The minimum atomic E-state index is -0.643. The molecule has 3 aliphatic rings. The molecule has 0 N–H and O–H groups in total. The number of amides is 2. The lowest BCUT2D eigenvalue weighted by molar-refractivity contribution is -0.128. The van der Waals surface area contributed by atoms with E-state index in [1.807, 2.05) is 65.6 Å². The molecule has 0 unspecified atom stereocenters. The van der Waals surface area contributed by atoms with Crippen molar-refractivity contribution in [3.8, 4) is 0 Å². The fourth-order valence-corrected chi connectivity index (χ4v) is 5.73. The zero-order valence-electron chi connectivity index (χ0n) is 20.0. The molecule has 3 aromatic rings. The number of carbonyl (C=O) groups excluding carboxylic acids is 2. The fraction of sp³-hybridized carbons (Fsp3) is 0.214. The van der Waals surface area contributed by atoms with Crippen LogP contribution in [-0.2, 0) is 9.59 Å². The maximum absolute atomic E-state index is 14.2. The molecule has 0 spiro atoms. The molecule has 0 bridgehead atoms. The number of thioether (sulfide) groups is 1. The highest BCUT2D eigenvalue weighted by Gasteiger charge is 2.42. The van der Waals surface area contributed by atoms with Crippen LogP contribution in [0.2, 0.25) is 0 Å². The van der Waals surface area contributed by atoms with Gasteiger partial charge in [-0.2, -0.15) is 0 Å². The van der Waals surface area contributed by atoms with Gasteiger partial charge in [0.1, 0.15) is 11.7 Å². The van der Waals surface area contributed by atoms with E-state index in [1.54, 1.807) is 21.9 Å². The van der Waals surface area contributed by atoms with E-state index in [4.69, 9.17) is 9.98 Å². The van der Waals surface area contributed by atoms with Gasteiger partial charge in [-0.05, 0) is 29.8 Å². The molecule has 1 saturated heterocycles. The molecule has 0 aromatic heterocycles. The number of hydrogen-bond donors (Lipinski definition) is 0. The zero-order valence-corrected chi connectivity index (χ0v) is 20.8. The summed E-state index contributed by atoms with van der Waals surface area (Å²) in [6.45, 7) is 2.14. The molecule has 1 fully saturated rings. The predicted molar refractivity (Wildman–Crippen MR) is 144 cm³/mol. The summed E-state index contributed by atoms with van der Waals surface area (Å²) in [5.41, 5.74) is 2.91. The van der Waals surface area contributed by atoms with Crippen LogP contribution in [0.15, 0.2) is 88.8 Å². The minimum absolute atomic E-state index is 0.0375. The number of benzene rings is 3. The Balaban J connectivity index is 1.16. The first-order chi connectivity index (χ1) is 18.1. The Hall–Kier alpha value is -3.98. The Morgan fingerprint density at radius 2 is 1.62 bits per heavy atom. The molecule has 2 amide bonds. The lowest BCUT2D eigenvalue weighted by Gasteiger charge is -2.36. The van der Waals surface area contributed by atoms with Crippen LogP contribution in [-0.4, -0.2) is 64.5 Å². The molecule has 3 heterocycles. The summed E-state index contributed by atoms with van der Waals surface area (Å²) in [6.07, 6.45) is 0. The van der Waals surface area contributed by atoms with Crippen LogP contribution in [0.3, 0.4) is 0 Å². The quantitative estimate of drug-likeness (QED) is 0.524. The van der Waals surface area contributed by atoms with Gasteiger partial charge in [0, 0.05) is 31.7 Å². The van der Waals surface area contributed by atoms with Crippen LogP contribution in [0.1, 0.15) is 17.2 Å². The Labute approximate surface area is 218 Å². The van der Waals surface area contributed by atoms with E-state index in [2.05, 4.69) is 0 Å². The highest BCUT2D eigenvalue weighted by atomic mass is 32.2. The third kappa shape index (κ3) is 4.40. The maximum Gasteiger partial charge on any atom is 0.263 e. The molecular weight excluding hydrogens is 489 g/mol. The number of halogens is 1. The number of aliphatic imine (C=N–C) groups is 2. The van der Waals surface area contributed by atoms with Crippen LogP contribution < -0.4 is 4.90 Å². The van der Waals surface area contributed by atoms with Gasteiger partial charge in [0.25, 0.3) is 5.91 Å². The molecule has 7 nitrogen and oxygen atoms in total. The second-order valence-corrected chi connectivity index (χ2v) is 9.90. The summed E-state index contributed by atoms with van der Waals surface area (Å²) < 4.78 is 14.2. The van der Waals surface area contributed by atoms with Gasteiger partial charge < -0.3 is 9.80 Å². The Bertz CT molecular complexity index is 1420. The molecule has 1 atom stereocenters. The number of nitrogens with zero attached hydrogens (tertiary/aromatic N) is 5. The lowest BCUT2D eigenvalue weighted by Crippen LogP contribution is -2.49. The van der Waals surface area contributed by atoms with E-state index < -0.39 is 6.04 Å². The SMILES string of the molecule is O=C(CSC1=Nc2ccccc2C2=N[C@@H](c3ccccc3)C(=O)N12)N1CCN(c2ccccc2F)CC1. The standard InChI is InChI=1S/C28H24FN5O2S/c29-21-11-5-7-13-23(21)32-14-16-33(17-15-32)24(35)18-37-28-30-22-12-6-4-10-20(22)26-31-25(27(36)34(26)28)19-8-2-1-3-9-19/h1-13,25H,14-18H2/t25-/m0/s1. The van der Waals surface area contributed by atoms with Crippen molar-refractivity contribution in [2.24, 2.45) is 9.98 Å². The van der Waals surface area contributed by atoms with Gasteiger partial charge in [0.2, 0.25) is 5.91 Å². The number of fused-ring (bicyclic) bond motifs is 3. The monoisotopic (exact) mass is 513 g/mol. The molecule has 0 saturated carbocycles. The summed E-state index contributed by atoms with van der Waals surface area (Å²) in [5.74, 6) is 0.249. The molecule has 0 aliphatic carbocycles.